The SMILES string of the molecule is CC1=C(S(=O)(=O)c2ccc(C)cc2)[C@H](C)[C@H](C#N)NC(=O)N1. The predicted octanol–water partition coefficient (Wildman–Crippen LogP) is 1.84. The molecule has 0 saturated heterocycles. The lowest BCUT2D eigenvalue weighted by atomic mass is 10.0. The van der Waals surface area contributed by atoms with Crippen LogP contribution >= 0.6 is 0 Å². The van der Waals surface area contributed by atoms with Crippen LogP contribution in [0.1, 0.15) is 19.4 Å². The lowest BCUT2D eigenvalue weighted by Crippen LogP contribution is -2.41. The Morgan fingerprint density at radius 1 is 1.18 bits per heavy atom. The molecule has 0 spiro atoms. The highest BCUT2D eigenvalue weighted by molar-refractivity contribution is 7.95. The number of urea groups is 1. The van der Waals surface area contributed by atoms with Gasteiger partial charge in [-0.2, -0.15) is 5.26 Å². The van der Waals surface area contributed by atoms with E-state index in [9.17, 15) is 18.5 Å². The van der Waals surface area contributed by atoms with Crippen molar-refractivity contribution >= 4 is 15.9 Å². The Labute approximate surface area is 129 Å². The average Bonchev–Trinajstić information content (AvgIpc) is 2.55. The van der Waals surface area contributed by atoms with Crippen molar-refractivity contribution in [1.82, 2.24) is 10.6 Å². The minimum atomic E-state index is -3.79. The summed E-state index contributed by atoms with van der Waals surface area (Å²) in [4.78, 5) is 11.9. The Kier molecular flexibility index (Phi) is 4.24. The number of carbonyl (C=O) groups excluding carboxylic acids is 1. The van der Waals surface area contributed by atoms with Crippen molar-refractivity contribution < 1.29 is 13.2 Å². The quantitative estimate of drug-likeness (QED) is 0.869. The number of hydrogen-bond acceptors (Lipinski definition) is 4. The van der Waals surface area contributed by atoms with Gasteiger partial charge in [-0.3, -0.25) is 0 Å². The second kappa shape index (κ2) is 5.81. The van der Waals surface area contributed by atoms with Crippen molar-refractivity contribution in [2.75, 3.05) is 0 Å². The summed E-state index contributed by atoms with van der Waals surface area (Å²) in [5, 5.41) is 14.1. The third kappa shape index (κ3) is 2.83. The van der Waals surface area contributed by atoms with Gasteiger partial charge in [-0.1, -0.05) is 24.6 Å². The average molecular weight is 319 g/mol. The molecule has 0 fully saturated rings. The van der Waals surface area contributed by atoms with Gasteiger partial charge < -0.3 is 10.6 Å². The van der Waals surface area contributed by atoms with E-state index in [1.54, 1.807) is 19.1 Å². The molecule has 1 aromatic rings. The van der Waals surface area contributed by atoms with E-state index in [1.807, 2.05) is 13.0 Å². The normalized spacial score (nSPS) is 22.4. The molecule has 7 heteroatoms. The number of hydrogen-bond donors (Lipinski definition) is 2. The monoisotopic (exact) mass is 319 g/mol. The second-order valence-electron chi connectivity index (χ2n) is 5.30. The molecule has 2 rings (SSSR count). The first-order valence-corrected chi connectivity index (χ1v) is 8.25. The number of aryl methyl sites for hydroxylation is 1. The molecule has 0 aromatic heterocycles. The van der Waals surface area contributed by atoms with E-state index in [-0.39, 0.29) is 15.5 Å². The predicted molar refractivity (Wildman–Crippen MR) is 81.3 cm³/mol. The number of amides is 2. The van der Waals surface area contributed by atoms with Crippen LogP contribution in [-0.2, 0) is 9.84 Å². The first-order chi connectivity index (χ1) is 10.3. The Balaban J connectivity index is 2.60. The molecule has 6 nitrogen and oxygen atoms in total. The highest BCUT2D eigenvalue weighted by atomic mass is 32.2. The van der Waals surface area contributed by atoms with E-state index >= 15 is 0 Å². The van der Waals surface area contributed by atoms with E-state index in [0.717, 1.165) is 5.56 Å². The summed E-state index contributed by atoms with van der Waals surface area (Å²) in [6.45, 7) is 5.01. The third-order valence-electron chi connectivity index (χ3n) is 3.63. The molecule has 0 unspecified atom stereocenters. The van der Waals surface area contributed by atoms with Crippen LogP contribution in [0.15, 0.2) is 39.8 Å². The van der Waals surface area contributed by atoms with Crippen molar-refractivity contribution in [2.45, 2.75) is 31.7 Å². The molecule has 1 aliphatic rings. The lowest BCUT2D eigenvalue weighted by molar-refractivity contribution is 0.241. The zero-order valence-electron chi connectivity index (χ0n) is 12.5. The van der Waals surface area contributed by atoms with Gasteiger partial charge in [0.2, 0.25) is 9.84 Å². The van der Waals surface area contributed by atoms with Crippen LogP contribution in [0, 0.1) is 24.2 Å². The second-order valence-corrected chi connectivity index (χ2v) is 7.22. The zero-order valence-corrected chi connectivity index (χ0v) is 13.4. The van der Waals surface area contributed by atoms with Crippen LogP contribution in [0.5, 0.6) is 0 Å². The maximum absolute atomic E-state index is 12.9. The van der Waals surface area contributed by atoms with E-state index < -0.39 is 27.8 Å². The molecule has 1 aromatic carbocycles. The van der Waals surface area contributed by atoms with Gasteiger partial charge in [0.15, 0.2) is 0 Å². The van der Waals surface area contributed by atoms with Crippen LogP contribution in [0.4, 0.5) is 4.79 Å². The maximum atomic E-state index is 12.9. The van der Waals surface area contributed by atoms with Gasteiger partial charge >= 0.3 is 6.03 Å². The minimum absolute atomic E-state index is 0.0567. The Morgan fingerprint density at radius 2 is 1.77 bits per heavy atom. The molecule has 0 aliphatic carbocycles. The Bertz CT molecular complexity index is 773. The topological polar surface area (TPSA) is 99.1 Å². The van der Waals surface area contributed by atoms with E-state index in [4.69, 9.17) is 0 Å². The summed E-state index contributed by atoms with van der Waals surface area (Å²) >= 11 is 0. The van der Waals surface area contributed by atoms with Gasteiger partial charge in [-0.25, -0.2) is 13.2 Å². The van der Waals surface area contributed by atoms with Crippen molar-refractivity contribution in [1.29, 1.82) is 5.26 Å². The number of benzene rings is 1. The number of allylic oxidation sites excluding steroid dienone is 1. The Morgan fingerprint density at radius 3 is 2.32 bits per heavy atom. The lowest BCUT2D eigenvalue weighted by Gasteiger charge is -2.19. The first-order valence-electron chi connectivity index (χ1n) is 6.77. The van der Waals surface area contributed by atoms with Crippen LogP contribution in [0.2, 0.25) is 0 Å². The molecule has 116 valence electrons. The van der Waals surface area contributed by atoms with E-state index in [1.165, 1.54) is 19.1 Å². The van der Waals surface area contributed by atoms with Crippen LogP contribution in [0.25, 0.3) is 0 Å². The van der Waals surface area contributed by atoms with Gasteiger partial charge in [0.05, 0.1) is 15.9 Å². The van der Waals surface area contributed by atoms with Gasteiger partial charge in [0.1, 0.15) is 6.04 Å². The van der Waals surface area contributed by atoms with E-state index in [2.05, 4.69) is 10.6 Å². The van der Waals surface area contributed by atoms with Gasteiger partial charge in [-0.05, 0) is 26.0 Å². The highest BCUT2D eigenvalue weighted by Crippen LogP contribution is 2.30. The van der Waals surface area contributed by atoms with Crippen LogP contribution in [-0.4, -0.2) is 20.5 Å². The fourth-order valence-electron chi connectivity index (χ4n) is 2.46. The molecule has 1 aliphatic heterocycles. The van der Waals surface area contributed by atoms with Gasteiger partial charge in [-0.15, -0.1) is 0 Å². The van der Waals surface area contributed by atoms with Crippen molar-refractivity contribution in [3.63, 3.8) is 0 Å². The Hall–Kier alpha value is -2.33. The van der Waals surface area contributed by atoms with Crippen LogP contribution < -0.4 is 10.6 Å². The molecule has 1 heterocycles. The number of rotatable bonds is 2. The zero-order chi connectivity index (χ0) is 16.5. The molecule has 22 heavy (non-hydrogen) atoms. The molecule has 2 atom stereocenters. The first kappa shape index (κ1) is 16.0. The molecule has 0 radical (unpaired) electrons. The summed E-state index contributed by atoms with van der Waals surface area (Å²) in [7, 11) is -3.79. The third-order valence-corrected chi connectivity index (χ3v) is 5.78. The summed E-state index contributed by atoms with van der Waals surface area (Å²) < 4.78 is 25.8. The van der Waals surface area contributed by atoms with Crippen molar-refractivity contribution in [3.05, 3.63) is 40.4 Å². The number of sulfone groups is 1. The number of nitrogens with one attached hydrogen (secondary N) is 2. The molecule has 2 N–H and O–H groups in total. The largest absolute Gasteiger partial charge is 0.321 e. The summed E-state index contributed by atoms with van der Waals surface area (Å²) in [6, 6.07) is 6.92. The minimum Gasteiger partial charge on any atom is -0.321 e. The van der Waals surface area contributed by atoms with Gasteiger partial charge in [0.25, 0.3) is 0 Å². The fourth-order valence-corrected chi connectivity index (χ4v) is 4.29. The number of nitrogens with zero attached hydrogens (tertiary/aromatic N) is 1. The molecular formula is C15H17N3O3S. The van der Waals surface area contributed by atoms with Crippen LogP contribution in [0.3, 0.4) is 0 Å². The summed E-state index contributed by atoms with van der Waals surface area (Å²) in [5.41, 5.74) is 1.19. The molecule has 0 bridgehead atoms. The maximum Gasteiger partial charge on any atom is 0.320 e. The smallest absolute Gasteiger partial charge is 0.320 e. The molecular weight excluding hydrogens is 302 g/mol. The summed E-state index contributed by atoms with van der Waals surface area (Å²) in [5.74, 6) is -0.657. The van der Waals surface area contributed by atoms with E-state index in [0.29, 0.717) is 0 Å². The summed E-state index contributed by atoms with van der Waals surface area (Å²) in [6.07, 6.45) is 0. The van der Waals surface area contributed by atoms with Crippen molar-refractivity contribution in [2.24, 2.45) is 5.92 Å². The number of carbonyl (C=O) groups is 1. The fraction of sp³-hybridized carbons (Fsp3) is 0.333. The van der Waals surface area contributed by atoms with Crippen molar-refractivity contribution in [3.8, 4) is 6.07 Å². The standard InChI is InChI=1S/C15H17N3O3S/c1-9-4-6-12(7-5-9)22(20,21)14-10(2)13(8-16)18-15(19)17-11(14)3/h4-7,10,13H,1-3H3,(H2,17,18,19)/t10-,13+/m1/s1. The highest BCUT2D eigenvalue weighted by Gasteiger charge is 2.36. The molecule has 0 saturated carbocycles. The van der Waals surface area contributed by atoms with Gasteiger partial charge in [0, 0.05) is 11.6 Å². The number of nitriles is 1. The molecule has 2 amide bonds.